The van der Waals surface area contributed by atoms with Gasteiger partial charge in [-0.3, -0.25) is 10.1 Å². The van der Waals surface area contributed by atoms with Gasteiger partial charge in [-0.05, 0) is 18.2 Å². The Morgan fingerprint density at radius 1 is 1.53 bits per heavy atom. The van der Waals surface area contributed by atoms with Gasteiger partial charge in [-0.2, -0.15) is 10.4 Å². The Hall–Kier alpha value is -2.39. The molecule has 0 radical (unpaired) electrons. The number of halogens is 1. The predicted molar refractivity (Wildman–Crippen MR) is 59.9 cm³/mol. The lowest BCUT2D eigenvalue weighted by Crippen LogP contribution is -1.97. The Bertz CT molecular complexity index is 629. The summed E-state index contributed by atoms with van der Waals surface area (Å²) in [5, 5.41) is 23.7. The second-order valence-electron chi connectivity index (χ2n) is 3.17. The third-order valence-electron chi connectivity index (χ3n) is 2.11. The fraction of sp³-hybridized carbons (Fsp3) is 0. The van der Waals surface area contributed by atoms with Crippen LogP contribution in [0.25, 0.3) is 5.69 Å². The predicted octanol–water partition coefficient (Wildman–Crippen LogP) is 2.31. The van der Waals surface area contributed by atoms with Crippen molar-refractivity contribution in [1.82, 2.24) is 9.78 Å². The lowest BCUT2D eigenvalue weighted by Gasteiger charge is -2.03. The summed E-state index contributed by atoms with van der Waals surface area (Å²) in [4.78, 5) is 9.97. The van der Waals surface area contributed by atoms with Crippen LogP contribution in [-0.2, 0) is 0 Å². The molecule has 17 heavy (non-hydrogen) atoms. The quantitative estimate of drug-likeness (QED) is 0.603. The number of hydrogen-bond donors (Lipinski definition) is 0. The van der Waals surface area contributed by atoms with Crippen LogP contribution in [0.5, 0.6) is 0 Å². The van der Waals surface area contributed by atoms with Crippen molar-refractivity contribution in [2.24, 2.45) is 0 Å². The summed E-state index contributed by atoms with van der Waals surface area (Å²) in [5.41, 5.74) is 0.606. The molecule has 0 aliphatic heterocycles. The third-order valence-corrected chi connectivity index (χ3v) is 2.34. The third kappa shape index (κ3) is 2.09. The van der Waals surface area contributed by atoms with Crippen LogP contribution in [0.4, 0.5) is 5.69 Å². The van der Waals surface area contributed by atoms with Gasteiger partial charge in [-0.15, -0.1) is 0 Å². The maximum absolute atomic E-state index is 10.5. The van der Waals surface area contributed by atoms with Crippen molar-refractivity contribution < 1.29 is 4.92 Å². The van der Waals surface area contributed by atoms with Crippen molar-refractivity contribution in [3.05, 3.63) is 51.3 Å². The van der Waals surface area contributed by atoms with Crippen LogP contribution >= 0.6 is 11.6 Å². The van der Waals surface area contributed by atoms with E-state index in [4.69, 9.17) is 16.9 Å². The highest BCUT2D eigenvalue weighted by atomic mass is 35.5. The van der Waals surface area contributed by atoms with Crippen molar-refractivity contribution in [3.63, 3.8) is 0 Å². The van der Waals surface area contributed by atoms with Crippen LogP contribution < -0.4 is 0 Å². The van der Waals surface area contributed by atoms with Gasteiger partial charge in [0.1, 0.15) is 18.5 Å². The van der Waals surface area contributed by atoms with Gasteiger partial charge >= 0.3 is 5.69 Å². The SMILES string of the molecule is N#Cc1ccc(Cl)cc1-n1cc([N+](=O)[O-])cn1. The van der Waals surface area contributed by atoms with Crippen molar-refractivity contribution in [2.75, 3.05) is 0 Å². The standard InChI is InChI=1S/C10H5ClN4O2/c11-8-2-1-7(4-12)10(3-8)14-6-9(5-13-14)15(16)17/h1-3,5-6H. The molecule has 2 aromatic rings. The number of aromatic nitrogens is 2. The molecule has 0 saturated heterocycles. The number of benzene rings is 1. The van der Waals surface area contributed by atoms with Gasteiger partial charge in [-0.1, -0.05) is 11.6 Å². The zero-order valence-electron chi connectivity index (χ0n) is 8.37. The molecule has 1 aromatic heterocycles. The second kappa shape index (κ2) is 4.23. The number of nitrogens with zero attached hydrogens (tertiary/aromatic N) is 4. The van der Waals surface area contributed by atoms with Gasteiger partial charge in [0.2, 0.25) is 0 Å². The van der Waals surface area contributed by atoms with E-state index in [0.717, 1.165) is 6.20 Å². The average molecular weight is 249 g/mol. The van der Waals surface area contributed by atoms with Crippen LogP contribution in [0.2, 0.25) is 5.02 Å². The van der Waals surface area contributed by atoms with Gasteiger partial charge in [0, 0.05) is 5.02 Å². The van der Waals surface area contributed by atoms with Crippen LogP contribution in [-0.4, -0.2) is 14.7 Å². The highest BCUT2D eigenvalue weighted by molar-refractivity contribution is 6.30. The van der Waals surface area contributed by atoms with Gasteiger partial charge in [0.15, 0.2) is 0 Å². The topological polar surface area (TPSA) is 84.8 Å². The molecule has 0 aliphatic rings. The average Bonchev–Trinajstić information content (AvgIpc) is 2.78. The molecule has 0 atom stereocenters. The number of nitro groups is 1. The first kappa shape index (κ1) is 11.1. The maximum Gasteiger partial charge on any atom is 0.307 e. The first-order chi connectivity index (χ1) is 8.11. The number of nitriles is 1. The molecular weight excluding hydrogens is 244 g/mol. The Labute approximate surface area is 101 Å². The fourth-order valence-corrected chi connectivity index (χ4v) is 1.49. The molecule has 0 amide bonds. The lowest BCUT2D eigenvalue weighted by atomic mass is 10.2. The zero-order valence-corrected chi connectivity index (χ0v) is 9.13. The van der Waals surface area contributed by atoms with E-state index in [0.29, 0.717) is 16.3 Å². The van der Waals surface area contributed by atoms with E-state index < -0.39 is 4.92 Å². The van der Waals surface area contributed by atoms with E-state index in [1.807, 2.05) is 6.07 Å². The molecule has 84 valence electrons. The molecule has 0 unspecified atom stereocenters. The minimum absolute atomic E-state index is 0.145. The van der Waals surface area contributed by atoms with Crippen LogP contribution in [0.3, 0.4) is 0 Å². The number of rotatable bonds is 2. The molecule has 0 saturated carbocycles. The summed E-state index contributed by atoms with van der Waals surface area (Å²) in [5.74, 6) is 0. The van der Waals surface area contributed by atoms with Gasteiger partial charge in [0.25, 0.3) is 0 Å². The van der Waals surface area contributed by atoms with Gasteiger partial charge < -0.3 is 0 Å². The summed E-state index contributed by atoms with van der Waals surface area (Å²) in [6, 6.07) is 6.60. The van der Waals surface area contributed by atoms with E-state index >= 15 is 0 Å². The molecule has 0 spiro atoms. The summed E-state index contributed by atoms with van der Waals surface area (Å²) < 4.78 is 1.25. The van der Waals surface area contributed by atoms with E-state index in [-0.39, 0.29) is 5.69 Å². The van der Waals surface area contributed by atoms with E-state index in [2.05, 4.69) is 5.10 Å². The number of hydrogen-bond acceptors (Lipinski definition) is 4. The summed E-state index contributed by atoms with van der Waals surface area (Å²) in [6.45, 7) is 0. The molecule has 0 aliphatic carbocycles. The fourth-order valence-electron chi connectivity index (χ4n) is 1.33. The zero-order chi connectivity index (χ0) is 12.4. The monoisotopic (exact) mass is 248 g/mol. The van der Waals surface area contributed by atoms with Crippen molar-refractivity contribution in [1.29, 1.82) is 5.26 Å². The molecule has 0 fully saturated rings. The summed E-state index contributed by atoms with van der Waals surface area (Å²) in [6.07, 6.45) is 2.34. The molecule has 7 heteroatoms. The Morgan fingerprint density at radius 3 is 2.88 bits per heavy atom. The molecule has 0 bridgehead atoms. The molecule has 0 N–H and O–H groups in total. The summed E-state index contributed by atoms with van der Waals surface area (Å²) >= 11 is 5.81. The first-order valence-corrected chi connectivity index (χ1v) is 4.88. The molecule has 6 nitrogen and oxygen atoms in total. The largest absolute Gasteiger partial charge is 0.307 e. The van der Waals surface area contributed by atoms with Crippen LogP contribution in [0.1, 0.15) is 5.56 Å². The normalized spacial score (nSPS) is 9.88. The Morgan fingerprint density at radius 2 is 2.29 bits per heavy atom. The van der Waals surface area contributed by atoms with Crippen molar-refractivity contribution in [2.45, 2.75) is 0 Å². The minimum atomic E-state index is -0.555. The maximum atomic E-state index is 10.5. The van der Waals surface area contributed by atoms with Crippen LogP contribution in [0, 0.1) is 21.4 Å². The van der Waals surface area contributed by atoms with E-state index in [1.54, 1.807) is 6.07 Å². The second-order valence-corrected chi connectivity index (χ2v) is 3.61. The van der Waals surface area contributed by atoms with E-state index in [1.165, 1.54) is 23.0 Å². The lowest BCUT2D eigenvalue weighted by molar-refractivity contribution is -0.384. The van der Waals surface area contributed by atoms with Gasteiger partial charge in [0.05, 0.1) is 16.2 Å². The first-order valence-electron chi connectivity index (χ1n) is 4.51. The van der Waals surface area contributed by atoms with Gasteiger partial charge in [-0.25, -0.2) is 4.68 Å². The molecule has 2 rings (SSSR count). The highest BCUT2D eigenvalue weighted by Gasteiger charge is 2.12. The minimum Gasteiger partial charge on any atom is -0.258 e. The van der Waals surface area contributed by atoms with E-state index in [9.17, 15) is 10.1 Å². The Balaban J connectivity index is 2.56. The molecule has 1 aromatic carbocycles. The van der Waals surface area contributed by atoms with Crippen molar-refractivity contribution >= 4 is 17.3 Å². The highest BCUT2D eigenvalue weighted by Crippen LogP contribution is 2.20. The Kier molecular flexibility index (Phi) is 2.77. The van der Waals surface area contributed by atoms with Crippen molar-refractivity contribution in [3.8, 4) is 11.8 Å². The molecular formula is C10H5ClN4O2. The summed E-state index contributed by atoms with van der Waals surface area (Å²) in [7, 11) is 0. The molecule has 1 heterocycles. The smallest absolute Gasteiger partial charge is 0.258 e. The van der Waals surface area contributed by atoms with Crippen LogP contribution in [0.15, 0.2) is 30.6 Å².